The quantitative estimate of drug-likeness (QED) is 0.788. The Hall–Kier alpha value is -1.56. The Kier molecular flexibility index (Phi) is 5.76. The summed E-state index contributed by atoms with van der Waals surface area (Å²) in [5, 5.41) is 7.72. The molecule has 1 fully saturated rings. The van der Waals surface area contributed by atoms with Gasteiger partial charge in [-0.1, -0.05) is 23.2 Å². The van der Waals surface area contributed by atoms with E-state index in [9.17, 15) is 0 Å². The van der Waals surface area contributed by atoms with Crippen molar-refractivity contribution in [3.05, 3.63) is 40.6 Å². The smallest absolute Gasteiger partial charge is 0.135 e. The Morgan fingerprint density at radius 1 is 1.00 bits per heavy atom. The molecule has 5 nitrogen and oxygen atoms in total. The van der Waals surface area contributed by atoms with E-state index >= 15 is 0 Å². The van der Waals surface area contributed by atoms with Crippen molar-refractivity contribution in [1.29, 1.82) is 0 Å². The van der Waals surface area contributed by atoms with E-state index < -0.39 is 0 Å². The largest absolute Gasteiger partial charge is 0.381 e. The molecule has 1 saturated carbocycles. The molecule has 1 aromatic heterocycles. The van der Waals surface area contributed by atoms with Gasteiger partial charge in [-0.2, -0.15) is 0 Å². The van der Waals surface area contributed by atoms with Crippen LogP contribution >= 0.6 is 23.2 Å². The molecule has 0 amide bonds. The molecule has 0 aliphatic heterocycles. The van der Waals surface area contributed by atoms with Crippen LogP contribution in [0.1, 0.15) is 25.7 Å². The second kappa shape index (κ2) is 8.01. The number of ether oxygens (including phenoxy) is 1. The van der Waals surface area contributed by atoms with Gasteiger partial charge in [0, 0.05) is 24.9 Å². The first kappa shape index (κ1) is 17.3. The predicted octanol–water partition coefficient (Wildman–Crippen LogP) is 4.90. The molecule has 0 radical (unpaired) electrons. The maximum atomic E-state index is 6.04. The number of hydrogen-bond donors (Lipinski definition) is 2. The molecule has 0 bridgehead atoms. The van der Waals surface area contributed by atoms with Crippen molar-refractivity contribution in [2.75, 3.05) is 17.7 Å². The van der Waals surface area contributed by atoms with Crippen molar-refractivity contribution in [1.82, 2.24) is 9.97 Å². The highest BCUT2D eigenvalue weighted by atomic mass is 35.5. The van der Waals surface area contributed by atoms with Crippen LogP contribution in [0.4, 0.5) is 17.3 Å². The molecule has 1 aliphatic carbocycles. The summed E-state index contributed by atoms with van der Waals surface area (Å²) in [5.41, 5.74) is 0.828. The van der Waals surface area contributed by atoms with E-state index in [-0.39, 0.29) is 0 Å². The summed E-state index contributed by atoms with van der Waals surface area (Å²) in [7, 11) is 1.78. The van der Waals surface area contributed by atoms with E-state index in [4.69, 9.17) is 27.9 Å². The Bertz CT molecular complexity index is 690. The zero-order valence-corrected chi connectivity index (χ0v) is 14.9. The first-order valence-electron chi connectivity index (χ1n) is 7.97. The Morgan fingerprint density at radius 2 is 1.75 bits per heavy atom. The summed E-state index contributed by atoms with van der Waals surface area (Å²) in [6.45, 7) is 0. The lowest BCUT2D eigenvalue weighted by Gasteiger charge is -2.28. The minimum atomic E-state index is 0.389. The van der Waals surface area contributed by atoms with Crippen LogP contribution < -0.4 is 10.6 Å². The summed E-state index contributed by atoms with van der Waals surface area (Å²) in [6.07, 6.45) is 6.25. The molecule has 2 N–H and O–H groups in total. The zero-order chi connectivity index (χ0) is 16.9. The molecule has 128 valence electrons. The number of methoxy groups -OCH3 is 1. The van der Waals surface area contributed by atoms with Gasteiger partial charge >= 0.3 is 0 Å². The van der Waals surface area contributed by atoms with Crippen LogP contribution in [0.3, 0.4) is 0 Å². The molecule has 1 heterocycles. The Labute approximate surface area is 151 Å². The molecule has 3 rings (SSSR count). The molecule has 0 atom stereocenters. The SMILES string of the molecule is CO[C@H]1CC[C@H](Nc2cc(Nc3ccc(Cl)c(Cl)c3)ncn2)CC1. The standard InChI is InChI=1S/C17H20Cl2N4O/c1-24-13-5-2-11(3-6-13)22-16-9-17(21-10-20-16)23-12-4-7-14(18)15(19)8-12/h4,7-11,13H,2-3,5-6H2,1H3,(H2,20,21,22,23)/t11-,13-. The number of aromatic nitrogens is 2. The van der Waals surface area contributed by atoms with Crippen LogP contribution in [0.5, 0.6) is 0 Å². The number of rotatable bonds is 5. The van der Waals surface area contributed by atoms with Crippen LogP contribution in [-0.4, -0.2) is 29.2 Å². The molecule has 1 aromatic carbocycles. The molecule has 0 unspecified atom stereocenters. The molecule has 7 heteroatoms. The average molecular weight is 367 g/mol. The lowest BCUT2D eigenvalue weighted by Crippen LogP contribution is -2.29. The van der Waals surface area contributed by atoms with Gasteiger partial charge in [0.25, 0.3) is 0 Å². The van der Waals surface area contributed by atoms with Crippen molar-refractivity contribution < 1.29 is 4.74 Å². The molecular formula is C17H20Cl2N4O. The maximum Gasteiger partial charge on any atom is 0.135 e. The normalized spacial score (nSPS) is 20.6. The number of halogens is 2. The predicted molar refractivity (Wildman–Crippen MR) is 98.5 cm³/mol. The molecule has 2 aromatic rings. The van der Waals surface area contributed by atoms with Gasteiger partial charge in [0.1, 0.15) is 18.0 Å². The number of benzene rings is 1. The lowest BCUT2D eigenvalue weighted by molar-refractivity contribution is 0.0681. The van der Waals surface area contributed by atoms with E-state index in [1.165, 1.54) is 0 Å². The number of anilines is 3. The molecular weight excluding hydrogens is 347 g/mol. The van der Waals surface area contributed by atoms with Crippen molar-refractivity contribution in [3.63, 3.8) is 0 Å². The number of nitrogens with one attached hydrogen (secondary N) is 2. The molecule has 0 saturated heterocycles. The lowest BCUT2D eigenvalue weighted by atomic mass is 9.93. The van der Waals surface area contributed by atoms with Gasteiger partial charge in [-0.3, -0.25) is 0 Å². The summed E-state index contributed by atoms with van der Waals surface area (Å²) in [4.78, 5) is 8.55. The highest BCUT2D eigenvalue weighted by Gasteiger charge is 2.20. The summed E-state index contributed by atoms with van der Waals surface area (Å²) in [5.74, 6) is 1.52. The topological polar surface area (TPSA) is 59.1 Å². The van der Waals surface area contributed by atoms with E-state index in [0.29, 0.717) is 28.0 Å². The fourth-order valence-corrected chi connectivity index (χ4v) is 3.18. The maximum absolute atomic E-state index is 6.04. The van der Waals surface area contributed by atoms with Crippen LogP contribution in [-0.2, 0) is 4.74 Å². The van der Waals surface area contributed by atoms with E-state index in [0.717, 1.165) is 37.2 Å². The van der Waals surface area contributed by atoms with Gasteiger partial charge in [0.15, 0.2) is 0 Å². The van der Waals surface area contributed by atoms with Crippen molar-refractivity contribution >= 4 is 40.5 Å². The van der Waals surface area contributed by atoms with Crippen LogP contribution in [0.25, 0.3) is 0 Å². The summed E-state index contributed by atoms with van der Waals surface area (Å²) < 4.78 is 5.41. The summed E-state index contributed by atoms with van der Waals surface area (Å²) >= 11 is 12.0. The Balaban J connectivity index is 1.62. The third kappa shape index (κ3) is 4.50. The van der Waals surface area contributed by atoms with Gasteiger partial charge in [0.05, 0.1) is 16.1 Å². The second-order valence-electron chi connectivity index (χ2n) is 5.90. The van der Waals surface area contributed by atoms with E-state index in [1.807, 2.05) is 12.1 Å². The van der Waals surface area contributed by atoms with Crippen LogP contribution in [0.2, 0.25) is 10.0 Å². The third-order valence-corrected chi connectivity index (χ3v) is 4.96. The molecule has 0 spiro atoms. The van der Waals surface area contributed by atoms with Crippen molar-refractivity contribution in [3.8, 4) is 0 Å². The van der Waals surface area contributed by atoms with Gasteiger partial charge in [-0.05, 0) is 43.9 Å². The summed E-state index contributed by atoms with van der Waals surface area (Å²) in [6, 6.07) is 7.69. The minimum Gasteiger partial charge on any atom is -0.381 e. The third-order valence-electron chi connectivity index (χ3n) is 4.22. The zero-order valence-electron chi connectivity index (χ0n) is 13.4. The fourth-order valence-electron chi connectivity index (χ4n) is 2.88. The van der Waals surface area contributed by atoms with Crippen molar-refractivity contribution in [2.45, 2.75) is 37.8 Å². The van der Waals surface area contributed by atoms with Crippen LogP contribution in [0, 0.1) is 0 Å². The first-order valence-corrected chi connectivity index (χ1v) is 8.73. The number of nitrogens with zero attached hydrogens (tertiary/aromatic N) is 2. The van der Waals surface area contributed by atoms with Gasteiger partial charge < -0.3 is 15.4 Å². The Morgan fingerprint density at radius 3 is 2.46 bits per heavy atom. The highest BCUT2D eigenvalue weighted by Crippen LogP contribution is 2.27. The van der Waals surface area contributed by atoms with Gasteiger partial charge in [-0.15, -0.1) is 0 Å². The molecule has 1 aliphatic rings. The van der Waals surface area contributed by atoms with Gasteiger partial charge in [0.2, 0.25) is 0 Å². The van der Waals surface area contributed by atoms with Crippen LogP contribution in [0.15, 0.2) is 30.6 Å². The first-order chi connectivity index (χ1) is 11.6. The second-order valence-corrected chi connectivity index (χ2v) is 6.71. The average Bonchev–Trinajstić information content (AvgIpc) is 2.59. The molecule has 24 heavy (non-hydrogen) atoms. The van der Waals surface area contributed by atoms with Crippen molar-refractivity contribution in [2.24, 2.45) is 0 Å². The minimum absolute atomic E-state index is 0.389. The number of hydrogen-bond acceptors (Lipinski definition) is 5. The monoisotopic (exact) mass is 366 g/mol. The van der Waals surface area contributed by atoms with E-state index in [2.05, 4.69) is 20.6 Å². The highest BCUT2D eigenvalue weighted by molar-refractivity contribution is 6.42. The fraction of sp³-hybridized carbons (Fsp3) is 0.412. The van der Waals surface area contributed by atoms with E-state index in [1.54, 1.807) is 25.6 Å². The van der Waals surface area contributed by atoms with Gasteiger partial charge in [-0.25, -0.2) is 9.97 Å².